The molecule has 1 heterocycles. The highest BCUT2D eigenvalue weighted by atomic mass is 32.1. The number of thiophene rings is 1. The van der Waals surface area contributed by atoms with Gasteiger partial charge in [0.05, 0.1) is 0 Å². The Labute approximate surface area is 100 Å². The third-order valence-electron chi connectivity index (χ3n) is 3.53. The van der Waals surface area contributed by atoms with Gasteiger partial charge in [-0.15, -0.1) is 11.3 Å². The van der Waals surface area contributed by atoms with Crippen LogP contribution in [0.4, 0.5) is 0 Å². The van der Waals surface area contributed by atoms with Crippen LogP contribution in [-0.4, -0.2) is 0 Å². The van der Waals surface area contributed by atoms with Crippen LogP contribution in [-0.2, 0) is 6.54 Å². The maximum Gasteiger partial charge on any atom is 0.0381 e. The zero-order valence-electron chi connectivity index (χ0n) is 9.84. The first-order chi connectivity index (χ1) is 7.72. The van der Waals surface area contributed by atoms with Gasteiger partial charge in [0.2, 0.25) is 0 Å². The summed E-state index contributed by atoms with van der Waals surface area (Å²) in [7, 11) is 0. The van der Waals surface area contributed by atoms with Crippen LogP contribution in [0.15, 0.2) is 12.1 Å². The lowest BCUT2D eigenvalue weighted by atomic mass is 10.00. The lowest BCUT2D eigenvalue weighted by molar-refractivity contribution is 1.04. The maximum absolute atomic E-state index is 5.89. The van der Waals surface area contributed by atoms with Crippen LogP contribution in [0.5, 0.6) is 0 Å². The molecule has 1 saturated carbocycles. The Hall–Kier alpha value is -0.860. The van der Waals surface area contributed by atoms with Gasteiger partial charge in [-0.1, -0.05) is 12.1 Å². The predicted octanol–water partition coefficient (Wildman–Crippen LogP) is 3.85. The van der Waals surface area contributed by atoms with Gasteiger partial charge >= 0.3 is 0 Å². The molecule has 0 atom stereocenters. The molecule has 2 N–H and O–H groups in total. The Morgan fingerprint density at radius 1 is 1.25 bits per heavy atom. The molecule has 2 aromatic rings. The summed E-state index contributed by atoms with van der Waals surface area (Å²) in [5.41, 5.74) is 10.3. The second kappa shape index (κ2) is 3.57. The van der Waals surface area contributed by atoms with Gasteiger partial charge in [-0.3, -0.25) is 0 Å². The van der Waals surface area contributed by atoms with Crippen LogP contribution >= 0.6 is 11.3 Å². The van der Waals surface area contributed by atoms with Crippen molar-refractivity contribution >= 4 is 21.4 Å². The summed E-state index contributed by atoms with van der Waals surface area (Å²) in [6.07, 6.45) is 2.71. The Morgan fingerprint density at radius 3 is 2.56 bits per heavy atom. The van der Waals surface area contributed by atoms with Gasteiger partial charge in [0.1, 0.15) is 0 Å². The van der Waals surface area contributed by atoms with Crippen molar-refractivity contribution in [3.05, 3.63) is 33.7 Å². The number of rotatable bonds is 2. The van der Waals surface area contributed by atoms with Crippen LogP contribution in [0, 0.1) is 13.8 Å². The molecule has 0 radical (unpaired) electrons. The maximum atomic E-state index is 5.89. The molecule has 0 amide bonds. The molecule has 1 fully saturated rings. The van der Waals surface area contributed by atoms with E-state index >= 15 is 0 Å². The fourth-order valence-corrected chi connectivity index (χ4v) is 3.84. The van der Waals surface area contributed by atoms with Gasteiger partial charge in [-0.05, 0) is 54.7 Å². The van der Waals surface area contributed by atoms with E-state index in [-0.39, 0.29) is 0 Å². The average Bonchev–Trinajstić information content (AvgIpc) is 3.03. The highest BCUT2D eigenvalue weighted by Crippen LogP contribution is 2.49. The Balaban J connectivity index is 2.39. The topological polar surface area (TPSA) is 26.0 Å². The first-order valence-corrected chi connectivity index (χ1v) is 6.75. The third kappa shape index (κ3) is 1.40. The summed E-state index contributed by atoms with van der Waals surface area (Å²) in [4.78, 5) is 1.41. The molecule has 0 aliphatic heterocycles. The monoisotopic (exact) mass is 231 g/mol. The van der Waals surface area contributed by atoms with Gasteiger partial charge in [0.25, 0.3) is 0 Å². The fraction of sp³-hybridized carbons (Fsp3) is 0.429. The molecule has 1 aliphatic rings. The lowest BCUT2D eigenvalue weighted by Crippen LogP contribution is -1.96. The summed E-state index contributed by atoms with van der Waals surface area (Å²) in [5, 5.41) is 1.51. The minimum atomic E-state index is 0.698. The zero-order valence-corrected chi connectivity index (χ0v) is 10.7. The first-order valence-electron chi connectivity index (χ1n) is 5.94. The van der Waals surface area contributed by atoms with E-state index in [1.54, 1.807) is 5.56 Å². The number of fused-ring (bicyclic) bond motifs is 1. The van der Waals surface area contributed by atoms with Crippen LogP contribution in [0.25, 0.3) is 10.1 Å². The van der Waals surface area contributed by atoms with Crippen molar-refractivity contribution < 1.29 is 0 Å². The quantitative estimate of drug-likeness (QED) is 0.834. The Bertz CT molecular complexity index is 549. The molecule has 0 spiro atoms. The van der Waals surface area contributed by atoms with E-state index in [9.17, 15) is 0 Å². The Morgan fingerprint density at radius 2 is 1.94 bits per heavy atom. The van der Waals surface area contributed by atoms with E-state index < -0.39 is 0 Å². The van der Waals surface area contributed by atoms with E-state index in [2.05, 4.69) is 26.0 Å². The van der Waals surface area contributed by atoms with Crippen LogP contribution in [0.1, 0.15) is 40.3 Å². The standard InChI is InChI=1S/C14H17NS/c1-8-3-4-9(2)14-12(8)13(10-5-6-10)11(7-15)16-14/h3-4,10H,5-7,15H2,1-2H3. The van der Waals surface area contributed by atoms with Gasteiger partial charge in [0.15, 0.2) is 0 Å². The predicted molar refractivity (Wildman–Crippen MR) is 71.2 cm³/mol. The van der Waals surface area contributed by atoms with Gasteiger partial charge < -0.3 is 5.73 Å². The minimum Gasteiger partial charge on any atom is -0.326 e. The molecule has 0 bridgehead atoms. The molecule has 1 aromatic carbocycles. The molecule has 1 aromatic heterocycles. The molecule has 1 aliphatic carbocycles. The number of benzene rings is 1. The molecule has 0 unspecified atom stereocenters. The molecule has 0 saturated heterocycles. The largest absolute Gasteiger partial charge is 0.326 e. The van der Waals surface area contributed by atoms with Crippen LogP contribution in [0.2, 0.25) is 0 Å². The smallest absolute Gasteiger partial charge is 0.0381 e. The van der Waals surface area contributed by atoms with Gasteiger partial charge in [-0.25, -0.2) is 0 Å². The highest BCUT2D eigenvalue weighted by Gasteiger charge is 2.30. The van der Waals surface area contributed by atoms with E-state index in [4.69, 9.17) is 5.73 Å². The van der Waals surface area contributed by atoms with Crippen molar-refractivity contribution in [2.45, 2.75) is 39.2 Å². The molecule has 84 valence electrons. The lowest BCUT2D eigenvalue weighted by Gasteiger charge is -2.04. The second-order valence-corrected chi connectivity index (χ2v) is 5.93. The molecule has 2 heteroatoms. The highest BCUT2D eigenvalue weighted by molar-refractivity contribution is 7.19. The summed E-state index contributed by atoms with van der Waals surface area (Å²) in [6.45, 7) is 5.12. The van der Waals surface area contributed by atoms with Crippen molar-refractivity contribution in [2.24, 2.45) is 5.73 Å². The second-order valence-electron chi connectivity index (χ2n) is 4.82. The van der Waals surface area contributed by atoms with Crippen LogP contribution in [0.3, 0.4) is 0 Å². The summed E-state index contributed by atoms with van der Waals surface area (Å²) < 4.78 is 1.46. The van der Waals surface area contributed by atoms with Crippen molar-refractivity contribution in [3.8, 4) is 0 Å². The van der Waals surface area contributed by atoms with Gasteiger partial charge in [-0.2, -0.15) is 0 Å². The number of hydrogen-bond acceptors (Lipinski definition) is 2. The minimum absolute atomic E-state index is 0.698. The molecular weight excluding hydrogens is 214 g/mol. The average molecular weight is 231 g/mol. The van der Waals surface area contributed by atoms with Crippen LogP contribution < -0.4 is 5.73 Å². The third-order valence-corrected chi connectivity index (χ3v) is 4.89. The molecule has 3 rings (SSSR count). The Kier molecular flexibility index (Phi) is 2.30. The zero-order chi connectivity index (χ0) is 11.3. The fourth-order valence-electron chi connectivity index (χ4n) is 2.52. The van der Waals surface area contributed by atoms with E-state index in [0.29, 0.717) is 6.54 Å². The summed E-state index contributed by atoms with van der Waals surface area (Å²) in [5.74, 6) is 0.799. The van der Waals surface area contributed by atoms with Crippen molar-refractivity contribution in [2.75, 3.05) is 0 Å². The normalized spacial score (nSPS) is 15.9. The van der Waals surface area contributed by atoms with E-state index in [0.717, 1.165) is 5.92 Å². The summed E-state index contributed by atoms with van der Waals surface area (Å²) >= 11 is 1.91. The molecule has 16 heavy (non-hydrogen) atoms. The first kappa shape index (κ1) is 10.3. The number of nitrogens with two attached hydrogens (primary N) is 1. The van der Waals surface area contributed by atoms with Crippen molar-refractivity contribution in [3.63, 3.8) is 0 Å². The van der Waals surface area contributed by atoms with E-state index in [1.807, 2.05) is 11.3 Å². The SMILES string of the molecule is Cc1ccc(C)c2c(C3CC3)c(CN)sc12. The summed E-state index contributed by atoms with van der Waals surface area (Å²) in [6, 6.07) is 4.47. The number of hydrogen-bond donors (Lipinski definition) is 1. The number of aryl methyl sites for hydroxylation is 2. The molecular formula is C14H17NS. The van der Waals surface area contributed by atoms with Crippen molar-refractivity contribution in [1.82, 2.24) is 0 Å². The van der Waals surface area contributed by atoms with E-state index in [1.165, 1.54) is 38.9 Å². The van der Waals surface area contributed by atoms with Crippen molar-refractivity contribution in [1.29, 1.82) is 0 Å². The molecule has 1 nitrogen and oxygen atoms in total. The van der Waals surface area contributed by atoms with Gasteiger partial charge in [0, 0.05) is 16.1 Å².